The van der Waals surface area contributed by atoms with Gasteiger partial charge in [-0.2, -0.15) is 11.8 Å². The standard InChI is InChI=1S/C41H47N5O9S/c1-54-29-13-9-27(10-14-29)31-19-26(20-32(38(31)49)28-11-15-30(55-2)16-12-28)21-33(42)39(50)44-23-36(47)43-24-37(48)45-35(22-25-7-5-4-6-8-25)40(51)46-34(41(52)53)17-18-56-3/h4-16,19-20,33-35,49H,17-18,21-24,42H2,1-3H3,(H,43,47)(H,44,50)(H,45,48)(H,46,51)(H,52,53)/t33-,34-,35-/m0/s1. The Morgan fingerprint density at radius 1 is 0.696 bits per heavy atom. The molecule has 0 saturated carbocycles. The first-order valence-corrected chi connectivity index (χ1v) is 19.1. The van der Waals surface area contributed by atoms with E-state index in [1.54, 1.807) is 80.9 Å². The van der Waals surface area contributed by atoms with Crippen LogP contribution in [0.3, 0.4) is 0 Å². The number of carbonyl (C=O) groups excluding carboxylic acids is 4. The van der Waals surface area contributed by atoms with Crippen LogP contribution in [0.4, 0.5) is 0 Å². The second-order valence-electron chi connectivity index (χ2n) is 12.8. The molecule has 0 saturated heterocycles. The molecule has 56 heavy (non-hydrogen) atoms. The van der Waals surface area contributed by atoms with E-state index in [1.807, 2.05) is 30.5 Å². The highest BCUT2D eigenvalue weighted by molar-refractivity contribution is 7.98. The molecule has 0 aromatic heterocycles. The summed E-state index contributed by atoms with van der Waals surface area (Å²) in [6.45, 7) is -0.989. The maximum absolute atomic E-state index is 13.2. The van der Waals surface area contributed by atoms with Crippen molar-refractivity contribution in [2.75, 3.05) is 39.3 Å². The van der Waals surface area contributed by atoms with Crippen LogP contribution in [-0.2, 0) is 36.8 Å². The fraction of sp³-hybridized carbons (Fsp3) is 0.293. The largest absolute Gasteiger partial charge is 0.507 e. The molecule has 0 aliphatic carbocycles. The number of benzene rings is 4. The highest BCUT2D eigenvalue weighted by Gasteiger charge is 2.27. The van der Waals surface area contributed by atoms with E-state index >= 15 is 0 Å². The minimum absolute atomic E-state index is 0.0328. The maximum atomic E-state index is 13.2. The molecular formula is C41H47N5O9S. The van der Waals surface area contributed by atoms with E-state index in [9.17, 15) is 34.2 Å². The first kappa shape index (κ1) is 42.7. The molecule has 0 fully saturated rings. The van der Waals surface area contributed by atoms with E-state index in [1.165, 1.54) is 11.8 Å². The van der Waals surface area contributed by atoms with Crippen molar-refractivity contribution >= 4 is 41.4 Å². The van der Waals surface area contributed by atoms with Crippen LogP contribution in [0.2, 0.25) is 0 Å². The number of carboxylic acid groups (broad SMARTS) is 1. The number of methoxy groups -OCH3 is 2. The summed E-state index contributed by atoms with van der Waals surface area (Å²) in [4.78, 5) is 63.5. The Bertz CT molecular complexity index is 1890. The van der Waals surface area contributed by atoms with Crippen LogP contribution in [0, 0.1) is 0 Å². The number of phenols is 1. The second kappa shape index (κ2) is 21.1. The van der Waals surface area contributed by atoms with Gasteiger partial charge in [-0.05, 0) is 83.5 Å². The lowest BCUT2D eigenvalue weighted by Crippen LogP contribution is -2.54. The molecule has 0 unspecified atom stereocenters. The maximum Gasteiger partial charge on any atom is 0.326 e. The number of carboxylic acids is 1. The normalized spacial score (nSPS) is 12.4. The molecule has 4 amide bonds. The number of aromatic hydroxyl groups is 1. The summed E-state index contributed by atoms with van der Waals surface area (Å²) in [7, 11) is 3.12. The van der Waals surface area contributed by atoms with Gasteiger partial charge in [-0.1, -0.05) is 54.6 Å². The molecule has 0 bridgehead atoms. The van der Waals surface area contributed by atoms with Gasteiger partial charge in [-0.25, -0.2) is 4.79 Å². The second-order valence-corrected chi connectivity index (χ2v) is 13.8. The number of ether oxygens (including phenoxy) is 2. The molecule has 0 heterocycles. The number of rotatable bonds is 20. The minimum atomic E-state index is -1.19. The van der Waals surface area contributed by atoms with Crippen molar-refractivity contribution in [2.45, 2.75) is 37.4 Å². The van der Waals surface area contributed by atoms with Crippen molar-refractivity contribution in [1.82, 2.24) is 21.3 Å². The van der Waals surface area contributed by atoms with Gasteiger partial charge < -0.3 is 46.7 Å². The molecule has 0 aliphatic heterocycles. The summed E-state index contributed by atoms with van der Waals surface area (Å²) in [6, 6.07) is 23.4. The van der Waals surface area contributed by atoms with Gasteiger partial charge >= 0.3 is 5.97 Å². The summed E-state index contributed by atoms with van der Waals surface area (Å²) < 4.78 is 10.6. The summed E-state index contributed by atoms with van der Waals surface area (Å²) >= 11 is 1.44. The topological polar surface area (TPSA) is 218 Å². The molecule has 4 aromatic carbocycles. The Morgan fingerprint density at radius 2 is 1.25 bits per heavy atom. The fourth-order valence-electron chi connectivity index (χ4n) is 5.75. The van der Waals surface area contributed by atoms with Gasteiger partial charge in [0.1, 0.15) is 29.3 Å². The Kier molecular flexibility index (Phi) is 16.1. The highest BCUT2D eigenvalue weighted by Crippen LogP contribution is 2.40. The zero-order chi connectivity index (χ0) is 40.6. The number of thioether (sulfide) groups is 1. The third-order valence-corrected chi connectivity index (χ3v) is 9.44. The zero-order valence-corrected chi connectivity index (χ0v) is 32.2. The molecule has 14 nitrogen and oxygen atoms in total. The quantitative estimate of drug-likeness (QED) is 0.0691. The first-order chi connectivity index (χ1) is 26.9. The number of nitrogens with one attached hydrogen (secondary N) is 4. The van der Waals surface area contributed by atoms with Gasteiger partial charge in [0.15, 0.2) is 0 Å². The third-order valence-electron chi connectivity index (χ3n) is 8.79. The lowest BCUT2D eigenvalue weighted by Gasteiger charge is -2.22. The summed E-state index contributed by atoms with van der Waals surface area (Å²) in [5, 5.41) is 31.0. The molecule has 3 atom stereocenters. The van der Waals surface area contributed by atoms with Gasteiger partial charge in [0.2, 0.25) is 23.6 Å². The van der Waals surface area contributed by atoms with E-state index in [0.717, 1.165) is 5.56 Å². The monoisotopic (exact) mass is 785 g/mol. The molecule has 0 aliphatic rings. The van der Waals surface area contributed by atoms with Crippen LogP contribution >= 0.6 is 11.8 Å². The average Bonchev–Trinajstić information content (AvgIpc) is 3.21. The van der Waals surface area contributed by atoms with Crippen LogP contribution < -0.4 is 36.5 Å². The highest BCUT2D eigenvalue weighted by atomic mass is 32.2. The van der Waals surface area contributed by atoms with Crippen molar-refractivity contribution in [3.63, 3.8) is 0 Å². The molecule has 8 N–H and O–H groups in total. The van der Waals surface area contributed by atoms with Gasteiger partial charge in [-0.15, -0.1) is 0 Å². The number of nitrogens with two attached hydrogens (primary N) is 1. The lowest BCUT2D eigenvalue weighted by atomic mass is 9.92. The fourth-order valence-corrected chi connectivity index (χ4v) is 6.22. The smallest absolute Gasteiger partial charge is 0.326 e. The predicted octanol–water partition coefficient (Wildman–Crippen LogP) is 2.90. The van der Waals surface area contributed by atoms with Crippen LogP contribution in [0.25, 0.3) is 22.3 Å². The minimum Gasteiger partial charge on any atom is -0.507 e. The molecule has 4 aromatic rings. The Hall–Kier alpha value is -6.06. The predicted molar refractivity (Wildman–Crippen MR) is 214 cm³/mol. The molecule has 4 rings (SSSR count). The first-order valence-electron chi connectivity index (χ1n) is 17.7. The molecule has 15 heteroatoms. The van der Waals surface area contributed by atoms with Crippen molar-refractivity contribution in [3.05, 3.63) is 102 Å². The molecular weight excluding hydrogens is 739 g/mol. The summed E-state index contributed by atoms with van der Waals surface area (Å²) in [5.74, 6) is -2.03. The van der Waals surface area contributed by atoms with Gasteiger partial charge in [0.05, 0.1) is 33.4 Å². The number of aliphatic carboxylic acids is 1. The van der Waals surface area contributed by atoms with E-state index in [-0.39, 0.29) is 25.0 Å². The number of hydrogen-bond donors (Lipinski definition) is 7. The zero-order valence-electron chi connectivity index (χ0n) is 31.4. The van der Waals surface area contributed by atoms with Crippen LogP contribution in [-0.4, -0.2) is 97.3 Å². The molecule has 0 radical (unpaired) electrons. The number of phenolic OH excluding ortho intramolecular Hbond substituents is 1. The van der Waals surface area contributed by atoms with E-state index in [4.69, 9.17) is 15.2 Å². The summed E-state index contributed by atoms with van der Waals surface area (Å²) in [5.41, 5.74) is 10.1. The Balaban J connectivity index is 1.37. The van der Waals surface area contributed by atoms with Gasteiger partial charge in [0.25, 0.3) is 0 Å². The SMILES string of the molecule is COc1ccc(-c2cc(C[C@H](N)C(=O)NCC(=O)NCC(=O)N[C@@H](Cc3ccccc3)C(=O)N[C@@H](CCSC)C(=O)O)cc(-c3ccc(OC)cc3)c2O)cc1. The number of amides is 4. The average molecular weight is 786 g/mol. The van der Waals surface area contributed by atoms with Crippen molar-refractivity contribution in [2.24, 2.45) is 5.73 Å². The van der Waals surface area contributed by atoms with E-state index < -0.39 is 60.8 Å². The number of hydrogen-bond acceptors (Lipinski definition) is 10. The van der Waals surface area contributed by atoms with Crippen LogP contribution in [0.5, 0.6) is 17.2 Å². The van der Waals surface area contributed by atoms with E-state index in [0.29, 0.717) is 45.1 Å². The third kappa shape index (κ3) is 12.5. The summed E-state index contributed by atoms with van der Waals surface area (Å²) in [6.07, 6.45) is 2.17. The molecule has 296 valence electrons. The lowest BCUT2D eigenvalue weighted by molar-refractivity contribution is -0.142. The Labute approximate surface area is 329 Å². The van der Waals surface area contributed by atoms with Crippen molar-refractivity contribution in [1.29, 1.82) is 0 Å². The van der Waals surface area contributed by atoms with Crippen molar-refractivity contribution in [3.8, 4) is 39.5 Å². The van der Waals surface area contributed by atoms with Gasteiger partial charge in [0, 0.05) is 17.5 Å². The van der Waals surface area contributed by atoms with Crippen LogP contribution in [0.15, 0.2) is 91.0 Å². The van der Waals surface area contributed by atoms with Gasteiger partial charge in [-0.3, -0.25) is 19.2 Å². The van der Waals surface area contributed by atoms with Crippen molar-refractivity contribution < 1.29 is 43.7 Å². The van der Waals surface area contributed by atoms with Crippen LogP contribution in [0.1, 0.15) is 17.5 Å². The molecule has 0 spiro atoms. The van der Waals surface area contributed by atoms with E-state index in [2.05, 4.69) is 21.3 Å². The Morgan fingerprint density at radius 3 is 1.77 bits per heavy atom. The number of carbonyl (C=O) groups is 5.